The maximum absolute atomic E-state index is 13.0. The van der Waals surface area contributed by atoms with E-state index in [1.54, 1.807) is 4.90 Å². The molecule has 0 spiro atoms. The topological polar surface area (TPSA) is 100 Å². The molecule has 0 saturated carbocycles. The van der Waals surface area contributed by atoms with Crippen molar-refractivity contribution in [2.24, 2.45) is 5.92 Å². The molecule has 0 aliphatic rings. The Bertz CT molecular complexity index is 1080. The summed E-state index contributed by atoms with van der Waals surface area (Å²) >= 11 is 0. The van der Waals surface area contributed by atoms with Crippen LogP contribution in [0.5, 0.6) is 0 Å². The average Bonchev–Trinajstić information content (AvgIpc) is 3.19. The van der Waals surface area contributed by atoms with Gasteiger partial charge in [0.2, 0.25) is 17.7 Å². The van der Waals surface area contributed by atoms with E-state index in [0.29, 0.717) is 24.1 Å². The minimum atomic E-state index is -0.218. The molecule has 0 saturated heterocycles. The zero-order valence-electron chi connectivity index (χ0n) is 21.4. The Kier molecular flexibility index (Phi) is 8.76. The van der Waals surface area contributed by atoms with Crippen molar-refractivity contribution >= 4 is 23.2 Å². The van der Waals surface area contributed by atoms with Gasteiger partial charge in [0.25, 0.3) is 0 Å². The molecule has 2 aromatic carbocycles. The number of aryl methyl sites for hydroxylation is 4. The maximum Gasteiger partial charge on any atom is 0.240 e. The highest BCUT2D eigenvalue weighted by Gasteiger charge is 2.20. The van der Waals surface area contributed by atoms with E-state index in [4.69, 9.17) is 4.52 Å². The summed E-state index contributed by atoms with van der Waals surface area (Å²) in [7, 11) is 0. The summed E-state index contributed by atoms with van der Waals surface area (Å²) in [6.07, 6.45) is 0.698. The number of hydrogen-bond donors (Lipinski definition) is 2. The van der Waals surface area contributed by atoms with Crippen LogP contribution in [0.2, 0.25) is 0 Å². The number of rotatable bonds is 10. The first-order valence-electron chi connectivity index (χ1n) is 11.9. The van der Waals surface area contributed by atoms with Crippen LogP contribution in [0.25, 0.3) is 0 Å². The fourth-order valence-corrected chi connectivity index (χ4v) is 3.95. The van der Waals surface area contributed by atoms with Gasteiger partial charge < -0.3 is 15.2 Å². The van der Waals surface area contributed by atoms with Gasteiger partial charge in [-0.25, -0.2) is 0 Å². The van der Waals surface area contributed by atoms with Gasteiger partial charge >= 0.3 is 0 Å². The van der Waals surface area contributed by atoms with Crippen molar-refractivity contribution in [3.05, 3.63) is 70.4 Å². The maximum atomic E-state index is 13.0. The van der Waals surface area contributed by atoms with E-state index in [0.717, 1.165) is 33.6 Å². The van der Waals surface area contributed by atoms with Crippen LogP contribution in [0.15, 0.2) is 40.9 Å². The van der Waals surface area contributed by atoms with Crippen molar-refractivity contribution in [2.75, 3.05) is 23.7 Å². The molecule has 0 aliphatic carbocycles. The van der Waals surface area contributed by atoms with Crippen LogP contribution < -0.4 is 10.6 Å². The third-order valence-corrected chi connectivity index (χ3v) is 5.69. The second kappa shape index (κ2) is 11.8. The second-order valence-corrected chi connectivity index (χ2v) is 9.48. The second-order valence-electron chi connectivity index (χ2n) is 9.48. The van der Waals surface area contributed by atoms with Crippen LogP contribution in [0.1, 0.15) is 47.8 Å². The number of anilines is 2. The van der Waals surface area contributed by atoms with Crippen LogP contribution >= 0.6 is 0 Å². The Morgan fingerprint density at radius 1 is 0.857 bits per heavy atom. The molecule has 8 nitrogen and oxygen atoms in total. The van der Waals surface area contributed by atoms with E-state index in [1.807, 2.05) is 64.1 Å². The SMILES string of the molecule is Cc1cccc(C)c1NC(=O)CN(CC(=O)Nc1c(C)cccc1C)Cc1nc(CC(C)C)no1. The fraction of sp³-hybridized carbons (Fsp3) is 0.407. The lowest BCUT2D eigenvalue weighted by atomic mass is 10.1. The Balaban J connectivity index is 1.74. The van der Waals surface area contributed by atoms with Crippen molar-refractivity contribution in [3.8, 4) is 0 Å². The molecular weight excluding hydrogens is 442 g/mol. The lowest BCUT2D eigenvalue weighted by molar-refractivity contribution is -0.120. The van der Waals surface area contributed by atoms with Crippen molar-refractivity contribution in [1.82, 2.24) is 15.0 Å². The van der Waals surface area contributed by atoms with Gasteiger partial charge in [0.15, 0.2) is 5.82 Å². The zero-order chi connectivity index (χ0) is 25.5. The van der Waals surface area contributed by atoms with Crippen molar-refractivity contribution < 1.29 is 14.1 Å². The Labute approximate surface area is 207 Å². The standard InChI is InChI=1S/C27H35N5O3/c1-17(2)13-22-28-25(35-31-22)16-32(14-23(33)29-26-18(3)9-7-10-19(26)4)15-24(34)30-27-20(5)11-8-12-21(27)6/h7-12,17H,13-16H2,1-6H3,(H,29,33)(H,30,34). The molecule has 0 fully saturated rings. The third-order valence-electron chi connectivity index (χ3n) is 5.69. The van der Waals surface area contributed by atoms with Gasteiger partial charge in [-0.3, -0.25) is 14.5 Å². The van der Waals surface area contributed by atoms with Gasteiger partial charge in [-0.05, 0) is 55.9 Å². The Morgan fingerprint density at radius 2 is 1.31 bits per heavy atom. The molecule has 186 valence electrons. The number of carbonyl (C=O) groups is 2. The highest BCUT2D eigenvalue weighted by molar-refractivity contribution is 5.96. The van der Waals surface area contributed by atoms with E-state index in [1.165, 1.54) is 0 Å². The van der Waals surface area contributed by atoms with Gasteiger partial charge in [0.05, 0.1) is 19.6 Å². The van der Waals surface area contributed by atoms with Gasteiger partial charge in [-0.2, -0.15) is 4.98 Å². The predicted molar refractivity (Wildman–Crippen MR) is 137 cm³/mol. The van der Waals surface area contributed by atoms with Gasteiger partial charge in [-0.1, -0.05) is 55.4 Å². The largest absolute Gasteiger partial charge is 0.338 e. The van der Waals surface area contributed by atoms with E-state index >= 15 is 0 Å². The summed E-state index contributed by atoms with van der Waals surface area (Å²) in [6.45, 7) is 12.1. The number of carbonyl (C=O) groups excluding carboxylic acids is 2. The minimum Gasteiger partial charge on any atom is -0.338 e. The third kappa shape index (κ3) is 7.48. The Morgan fingerprint density at radius 3 is 1.74 bits per heavy atom. The van der Waals surface area contributed by atoms with Crippen LogP contribution in [-0.2, 0) is 22.6 Å². The molecule has 8 heteroatoms. The van der Waals surface area contributed by atoms with Crippen molar-refractivity contribution in [2.45, 2.75) is 54.5 Å². The number of para-hydroxylation sites is 2. The molecule has 0 aliphatic heterocycles. The van der Waals surface area contributed by atoms with Crippen molar-refractivity contribution in [3.63, 3.8) is 0 Å². The molecule has 1 heterocycles. The smallest absolute Gasteiger partial charge is 0.240 e. The van der Waals surface area contributed by atoms with E-state index < -0.39 is 0 Å². The summed E-state index contributed by atoms with van der Waals surface area (Å²) in [6, 6.07) is 11.7. The number of nitrogens with one attached hydrogen (secondary N) is 2. The first kappa shape index (κ1) is 26.1. The quantitative estimate of drug-likeness (QED) is 0.443. The van der Waals surface area contributed by atoms with E-state index in [-0.39, 0.29) is 31.4 Å². The molecule has 1 aromatic heterocycles. The normalized spacial score (nSPS) is 11.2. The Hall–Kier alpha value is -3.52. The summed E-state index contributed by atoms with van der Waals surface area (Å²) in [5.41, 5.74) is 5.49. The molecule has 0 bridgehead atoms. The van der Waals surface area contributed by atoms with Gasteiger partial charge in [0, 0.05) is 17.8 Å². The monoisotopic (exact) mass is 477 g/mol. The summed E-state index contributed by atoms with van der Waals surface area (Å²) < 4.78 is 5.41. The van der Waals surface area contributed by atoms with Crippen LogP contribution in [0.4, 0.5) is 11.4 Å². The fourth-order valence-electron chi connectivity index (χ4n) is 3.95. The molecular formula is C27H35N5O3. The molecule has 0 unspecified atom stereocenters. The first-order chi connectivity index (χ1) is 16.6. The van der Waals surface area contributed by atoms with Crippen LogP contribution in [-0.4, -0.2) is 39.9 Å². The summed E-state index contributed by atoms with van der Waals surface area (Å²) in [4.78, 5) is 32.1. The molecule has 2 N–H and O–H groups in total. The lowest BCUT2D eigenvalue weighted by Gasteiger charge is -2.21. The number of aromatic nitrogens is 2. The number of hydrogen-bond acceptors (Lipinski definition) is 6. The molecule has 3 rings (SSSR count). The molecule has 2 amide bonds. The molecule has 0 atom stereocenters. The minimum absolute atomic E-state index is 0.00412. The van der Waals surface area contributed by atoms with Gasteiger partial charge in [0.1, 0.15) is 0 Å². The highest BCUT2D eigenvalue weighted by Crippen LogP contribution is 2.21. The first-order valence-corrected chi connectivity index (χ1v) is 11.9. The van der Waals surface area contributed by atoms with Crippen molar-refractivity contribution in [1.29, 1.82) is 0 Å². The van der Waals surface area contributed by atoms with E-state index in [2.05, 4.69) is 34.6 Å². The predicted octanol–water partition coefficient (Wildman–Crippen LogP) is 4.58. The van der Waals surface area contributed by atoms with Crippen LogP contribution in [0.3, 0.4) is 0 Å². The average molecular weight is 478 g/mol. The highest BCUT2D eigenvalue weighted by atomic mass is 16.5. The lowest BCUT2D eigenvalue weighted by Crippen LogP contribution is -2.38. The molecule has 3 aromatic rings. The van der Waals surface area contributed by atoms with Crippen LogP contribution in [0, 0.1) is 33.6 Å². The summed E-state index contributed by atoms with van der Waals surface area (Å²) in [5.74, 6) is 0.950. The number of benzene rings is 2. The number of nitrogens with zero attached hydrogens (tertiary/aromatic N) is 3. The van der Waals surface area contributed by atoms with E-state index in [9.17, 15) is 9.59 Å². The molecule has 35 heavy (non-hydrogen) atoms. The summed E-state index contributed by atoms with van der Waals surface area (Å²) in [5, 5.41) is 10.0. The zero-order valence-corrected chi connectivity index (χ0v) is 21.4. The number of amides is 2. The molecule has 0 radical (unpaired) electrons. The van der Waals surface area contributed by atoms with Gasteiger partial charge in [-0.15, -0.1) is 0 Å².